The minimum atomic E-state index is -0.706. The van der Waals surface area contributed by atoms with E-state index in [1.165, 1.54) is 0 Å². The van der Waals surface area contributed by atoms with Crippen molar-refractivity contribution in [3.63, 3.8) is 0 Å². The maximum Gasteiger partial charge on any atom is 0.226 e. The fourth-order valence-corrected chi connectivity index (χ4v) is 12.8. The zero-order valence-electron chi connectivity index (χ0n) is 32.9. The third kappa shape index (κ3) is 5.43. The lowest BCUT2D eigenvalue weighted by Gasteiger charge is -2.69. The van der Waals surface area contributed by atoms with Gasteiger partial charge in [-0.1, -0.05) is 60.1 Å². The number of ether oxygens (including phenoxy) is 5. The van der Waals surface area contributed by atoms with Crippen molar-refractivity contribution in [2.75, 3.05) is 35.0 Å². The van der Waals surface area contributed by atoms with Gasteiger partial charge in [-0.05, 0) is 79.1 Å². The molecule has 6 aliphatic rings. The van der Waals surface area contributed by atoms with Crippen LogP contribution in [-0.4, -0.2) is 82.9 Å². The van der Waals surface area contributed by atoms with Gasteiger partial charge in [0.05, 0.1) is 19.3 Å². The van der Waals surface area contributed by atoms with Gasteiger partial charge in [-0.25, -0.2) is 4.85 Å². The fraction of sp³-hybridized carbons (Fsp3) is 0.810. The van der Waals surface area contributed by atoms with Crippen LogP contribution in [-0.2, 0) is 38.1 Å². The van der Waals surface area contributed by atoms with Gasteiger partial charge in [0.15, 0.2) is 11.6 Å². The quantitative estimate of drug-likeness (QED) is 0.249. The highest BCUT2D eigenvalue weighted by Crippen LogP contribution is 2.74. The summed E-state index contributed by atoms with van der Waals surface area (Å²) >= 11 is 0. The van der Waals surface area contributed by atoms with Crippen molar-refractivity contribution >= 4 is 17.3 Å². The average molecular weight is 708 g/mol. The molecule has 5 aliphatic carbocycles. The van der Waals surface area contributed by atoms with Crippen LogP contribution in [0.25, 0.3) is 4.85 Å². The molecule has 0 aromatic rings. The van der Waals surface area contributed by atoms with E-state index >= 15 is 4.79 Å². The summed E-state index contributed by atoms with van der Waals surface area (Å²) in [4.78, 5) is 47.3. The Hall–Kier alpha value is -2.22. The topological polar surface area (TPSA) is 102 Å². The standard InChI is InChI=1S/C42H61NO8/c1-37(2)15-17-42(31(45)20-27-33(48-10)35(50-12)34(49-11)28(51-27)23-47-9)18-16-41(7)32(24(42)21-37)26(44)19-30-39(5)22-25(43-8)36(46)38(3,4)29(39)13-14-40(30,41)6/h19,22,24,27-29,32-35H,13-18,20-21,23H2,1-7,9-12H3/t24?,27?,28-,29+,32?,33+,34-,35-,39+,40-,41-,42+/m1/s1. The molecule has 0 N–H and O–H groups in total. The van der Waals surface area contributed by atoms with Crippen LogP contribution in [0.5, 0.6) is 0 Å². The Morgan fingerprint density at radius 2 is 1.51 bits per heavy atom. The summed E-state index contributed by atoms with van der Waals surface area (Å²) in [5, 5.41) is 0. The molecule has 12 atom stereocenters. The monoisotopic (exact) mass is 707 g/mol. The van der Waals surface area contributed by atoms with Crippen LogP contribution < -0.4 is 0 Å². The SMILES string of the molecule is [C-]#[N+]C1=C[C@]2(C)C3=CC(=O)C4C5CC(C)(C)CC[C@]5(C(=O)CC5O[C@H](COC)[C@@H](OC)[C@H](OC)[C@H]5OC)CC[C@@]4(C)[C@]3(C)CC[C@H]2C(C)(C)C1=O. The lowest BCUT2D eigenvalue weighted by atomic mass is 9.34. The van der Waals surface area contributed by atoms with Gasteiger partial charge in [0.1, 0.15) is 30.2 Å². The number of Topliss-reactive ketones (excluding diaryl/α,β-unsaturated/α-hetero) is 2. The van der Waals surface area contributed by atoms with E-state index in [1.807, 2.05) is 26.0 Å². The van der Waals surface area contributed by atoms with Gasteiger partial charge in [-0.2, -0.15) is 0 Å². The molecule has 0 aromatic carbocycles. The number of ketones is 3. The van der Waals surface area contributed by atoms with E-state index in [2.05, 4.69) is 39.5 Å². The molecule has 51 heavy (non-hydrogen) atoms. The molecular formula is C42H61NO8. The van der Waals surface area contributed by atoms with Gasteiger partial charge >= 0.3 is 0 Å². The number of hydrogen-bond acceptors (Lipinski definition) is 8. The molecule has 4 fully saturated rings. The van der Waals surface area contributed by atoms with Gasteiger partial charge in [-0.15, -0.1) is 0 Å². The summed E-state index contributed by atoms with van der Waals surface area (Å²) in [5.74, 6) is -0.287. The van der Waals surface area contributed by atoms with Crippen LogP contribution in [0.15, 0.2) is 23.4 Å². The molecule has 0 aromatic heterocycles. The fourth-order valence-electron chi connectivity index (χ4n) is 12.8. The van der Waals surface area contributed by atoms with E-state index < -0.39 is 52.2 Å². The normalized spacial score (nSPS) is 45.6. The molecule has 6 rings (SSSR count). The number of carbonyl (C=O) groups is 3. The second-order valence-electron chi connectivity index (χ2n) is 18.8. The predicted molar refractivity (Wildman–Crippen MR) is 192 cm³/mol. The van der Waals surface area contributed by atoms with Crippen LogP contribution >= 0.6 is 0 Å². The number of allylic oxidation sites excluding steroid dienone is 4. The zero-order chi connectivity index (χ0) is 37.5. The number of fused-ring (bicyclic) bond motifs is 7. The van der Waals surface area contributed by atoms with Gasteiger partial charge in [-0.3, -0.25) is 9.59 Å². The molecular weight excluding hydrogens is 646 g/mol. The van der Waals surface area contributed by atoms with E-state index in [1.54, 1.807) is 28.4 Å². The third-order valence-electron chi connectivity index (χ3n) is 15.7. The van der Waals surface area contributed by atoms with E-state index in [0.717, 1.165) is 44.1 Å². The molecule has 1 aliphatic heterocycles. The number of nitrogens with zero attached hydrogens (tertiary/aromatic N) is 1. The smallest absolute Gasteiger partial charge is 0.226 e. The van der Waals surface area contributed by atoms with Gasteiger partial charge in [0.2, 0.25) is 5.70 Å². The summed E-state index contributed by atoms with van der Waals surface area (Å²) < 4.78 is 29.8. The summed E-state index contributed by atoms with van der Waals surface area (Å²) in [6.45, 7) is 23.5. The van der Waals surface area contributed by atoms with Gasteiger partial charge < -0.3 is 28.5 Å². The van der Waals surface area contributed by atoms with Crippen molar-refractivity contribution in [1.82, 2.24) is 0 Å². The van der Waals surface area contributed by atoms with Crippen LogP contribution in [0, 0.1) is 56.8 Å². The summed E-state index contributed by atoms with van der Waals surface area (Å²) in [7, 11) is 6.50. The van der Waals surface area contributed by atoms with Crippen molar-refractivity contribution in [2.45, 2.75) is 130 Å². The first kappa shape index (κ1) is 38.5. The summed E-state index contributed by atoms with van der Waals surface area (Å²) in [5.41, 5.74) is -1.44. The molecule has 0 bridgehead atoms. The molecule has 1 heterocycles. The molecule has 3 saturated carbocycles. The van der Waals surface area contributed by atoms with E-state index in [-0.39, 0.29) is 58.1 Å². The minimum absolute atomic E-state index is 0.00654. The highest BCUT2D eigenvalue weighted by atomic mass is 16.6. The van der Waals surface area contributed by atoms with Crippen molar-refractivity contribution in [1.29, 1.82) is 0 Å². The Kier molecular flexibility index (Phi) is 9.79. The number of rotatable bonds is 8. The molecule has 282 valence electrons. The largest absolute Gasteiger partial charge is 0.382 e. The molecule has 3 unspecified atom stereocenters. The lowest BCUT2D eigenvalue weighted by molar-refractivity contribution is -0.250. The predicted octanol–water partition coefficient (Wildman–Crippen LogP) is 6.98. The van der Waals surface area contributed by atoms with Crippen molar-refractivity contribution in [2.24, 2.45) is 50.2 Å². The van der Waals surface area contributed by atoms with E-state index in [4.69, 9.17) is 30.3 Å². The molecule has 9 heteroatoms. The summed E-state index contributed by atoms with van der Waals surface area (Å²) in [6.07, 6.45) is 7.21. The van der Waals surface area contributed by atoms with Gasteiger partial charge in [0, 0.05) is 57.0 Å². The molecule has 0 radical (unpaired) electrons. The van der Waals surface area contributed by atoms with Crippen molar-refractivity contribution in [3.05, 3.63) is 34.8 Å². The van der Waals surface area contributed by atoms with Crippen LogP contribution in [0.1, 0.15) is 99.8 Å². The Balaban J connectivity index is 1.41. The number of hydrogen-bond donors (Lipinski definition) is 0. The number of methoxy groups -OCH3 is 4. The first-order valence-corrected chi connectivity index (χ1v) is 19.0. The molecule has 9 nitrogen and oxygen atoms in total. The van der Waals surface area contributed by atoms with Crippen LogP contribution in [0.2, 0.25) is 0 Å². The number of carbonyl (C=O) groups excluding carboxylic acids is 3. The maximum absolute atomic E-state index is 15.1. The highest BCUT2D eigenvalue weighted by Gasteiger charge is 2.70. The second kappa shape index (κ2) is 13.0. The molecule has 1 saturated heterocycles. The average Bonchev–Trinajstić information content (AvgIpc) is 3.07. The lowest BCUT2D eigenvalue weighted by Crippen LogP contribution is -2.66. The highest BCUT2D eigenvalue weighted by molar-refractivity contribution is 6.03. The van der Waals surface area contributed by atoms with E-state index in [9.17, 15) is 9.59 Å². The minimum Gasteiger partial charge on any atom is -0.382 e. The van der Waals surface area contributed by atoms with Crippen molar-refractivity contribution in [3.8, 4) is 0 Å². The van der Waals surface area contributed by atoms with Crippen LogP contribution in [0.4, 0.5) is 0 Å². The zero-order valence-corrected chi connectivity index (χ0v) is 32.9. The Bertz CT molecular complexity index is 1560. The third-order valence-corrected chi connectivity index (χ3v) is 15.7. The summed E-state index contributed by atoms with van der Waals surface area (Å²) in [6, 6.07) is 0. The van der Waals surface area contributed by atoms with E-state index in [0.29, 0.717) is 13.0 Å². The Morgan fingerprint density at radius 3 is 2.12 bits per heavy atom. The molecule has 0 spiro atoms. The first-order valence-electron chi connectivity index (χ1n) is 19.0. The van der Waals surface area contributed by atoms with Gasteiger partial charge in [0.25, 0.3) is 0 Å². The first-order chi connectivity index (χ1) is 23.9. The second-order valence-corrected chi connectivity index (χ2v) is 18.8. The Morgan fingerprint density at radius 1 is 0.882 bits per heavy atom. The van der Waals surface area contributed by atoms with Crippen LogP contribution in [0.3, 0.4) is 0 Å². The van der Waals surface area contributed by atoms with Crippen molar-refractivity contribution < 1.29 is 38.1 Å². The maximum atomic E-state index is 15.1. The Labute approximate surface area is 305 Å². The molecule has 0 amide bonds.